The number of hydrogen-bond acceptors (Lipinski definition) is 2. The highest BCUT2D eigenvalue weighted by Gasteiger charge is 2.25. The van der Waals surface area contributed by atoms with Crippen LogP contribution in [0.15, 0.2) is 60.7 Å². The molecule has 3 nitrogen and oxygen atoms in total. The normalized spacial score (nSPS) is 21.5. The molecular formula is C22H28N2O. The van der Waals surface area contributed by atoms with E-state index >= 15 is 0 Å². The van der Waals surface area contributed by atoms with Crippen molar-refractivity contribution in [1.29, 1.82) is 0 Å². The molecule has 1 unspecified atom stereocenters. The molecule has 25 heavy (non-hydrogen) atoms. The van der Waals surface area contributed by atoms with Gasteiger partial charge in [-0.2, -0.15) is 0 Å². The molecule has 0 radical (unpaired) electrons. The molecule has 0 bridgehead atoms. The summed E-state index contributed by atoms with van der Waals surface area (Å²) in [5, 5.41) is 6.64. The first-order valence-electron chi connectivity index (χ1n) is 9.32. The van der Waals surface area contributed by atoms with E-state index in [2.05, 4.69) is 66.1 Å². The zero-order valence-corrected chi connectivity index (χ0v) is 14.9. The molecule has 3 atom stereocenters. The van der Waals surface area contributed by atoms with E-state index in [0.29, 0.717) is 18.5 Å². The summed E-state index contributed by atoms with van der Waals surface area (Å²) >= 11 is 0. The number of piperidine rings is 1. The van der Waals surface area contributed by atoms with E-state index in [-0.39, 0.29) is 11.8 Å². The van der Waals surface area contributed by atoms with Crippen molar-refractivity contribution in [2.45, 2.75) is 38.1 Å². The standard InChI is InChI=1S/C22H28N2O/c1-17-14-20(12-13-23-17)22(25)24-16-21(19-10-6-3-7-11-19)15-18-8-4-2-5-9-18/h2-11,17,20-21,23H,12-16H2,1H3,(H,24,25)/t17-,20-,21?/m0/s1. The summed E-state index contributed by atoms with van der Waals surface area (Å²) in [5.74, 6) is 0.651. The molecule has 2 aromatic carbocycles. The fourth-order valence-corrected chi connectivity index (χ4v) is 3.67. The zero-order valence-electron chi connectivity index (χ0n) is 14.9. The molecule has 0 spiro atoms. The van der Waals surface area contributed by atoms with Crippen LogP contribution in [0.5, 0.6) is 0 Å². The Morgan fingerprint density at radius 1 is 1.12 bits per heavy atom. The number of nitrogens with one attached hydrogen (secondary N) is 2. The van der Waals surface area contributed by atoms with Gasteiger partial charge in [0.1, 0.15) is 0 Å². The van der Waals surface area contributed by atoms with Gasteiger partial charge in [-0.3, -0.25) is 4.79 Å². The van der Waals surface area contributed by atoms with Gasteiger partial charge in [-0.15, -0.1) is 0 Å². The van der Waals surface area contributed by atoms with Gasteiger partial charge in [0.15, 0.2) is 0 Å². The Bertz CT molecular complexity index is 656. The van der Waals surface area contributed by atoms with E-state index in [9.17, 15) is 4.79 Å². The smallest absolute Gasteiger partial charge is 0.223 e. The molecule has 1 aliphatic heterocycles. The molecule has 1 fully saturated rings. The van der Waals surface area contributed by atoms with Crippen molar-refractivity contribution in [1.82, 2.24) is 10.6 Å². The number of hydrogen-bond donors (Lipinski definition) is 2. The summed E-state index contributed by atoms with van der Waals surface area (Å²) in [4.78, 5) is 12.6. The van der Waals surface area contributed by atoms with Crippen LogP contribution in [0.1, 0.15) is 36.8 Å². The molecule has 0 aliphatic carbocycles. The summed E-state index contributed by atoms with van der Waals surface area (Å²) in [7, 11) is 0. The highest BCUT2D eigenvalue weighted by Crippen LogP contribution is 2.21. The second kappa shape index (κ2) is 8.82. The Kier molecular flexibility index (Phi) is 6.24. The van der Waals surface area contributed by atoms with Crippen LogP contribution in [0, 0.1) is 5.92 Å². The predicted octanol–water partition coefficient (Wildman–Crippen LogP) is 3.52. The maximum absolute atomic E-state index is 12.6. The number of amides is 1. The lowest BCUT2D eigenvalue weighted by atomic mass is 9.90. The monoisotopic (exact) mass is 336 g/mol. The Balaban J connectivity index is 1.64. The topological polar surface area (TPSA) is 41.1 Å². The Hall–Kier alpha value is -2.13. The van der Waals surface area contributed by atoms with E-state index in [0.717, 1.165) is 25.8 Å². The van der Waals surface area contributed by atoms with E-state index in [4.69, 9.17) is 0 Å². The zero-order chi connectivity index (χ0) is 17.5. The third-order valence-corrected chi connectivity index (χ3v) is 5.11. The summed E-state index contributed by atoms with van der Waals surface area (Å²) < 4.78 is 0. The molecule has 2 aromatic rings. The minimum atomic E-state index is 0.143. The molecule has 132 valence electrons. The summed E-state index contributed by atoms with van der Waals surface area (Å²) in [6.07, 6.45) is 2.80. The second-order valence-electron chi connectivity index (χ2n) is 7.12. The Labute approximate surface area is 150 Å². The van der Waals surface area contributed by atoms with Crippen LogP contribution in [0.25, 0.3) is 0 Å². The summed E-state index contributed by atoms with van der Waals surface area (Å²) in [6, 6.07) is 21.4. The van der Waals surface area contributed by atoms with E-state index in [1.54, 1.807) is 0 Å². The van der Waals surface area contributed by atoms with Crippen LogP contribution in [-0.4, -0.2) is 25.0 Å². The fourth-order valence-electron chi connectivity index (χ4n) is 3.67. The van der Waals surface area contributed by atoms with Crippen LogP contribution in [0.4, 0.5) is 0 Å². The van der Waals surface area contributed by atoms with Gasteiger partial charge in [-0.25, -0.2) is 0 Å². The van der Waals surface area contributed by atoms with Crippen molar-refractivity contribution < 1.29 is 4.79 Å². The molecule has 2 N–H and O–H groups in total. The SMILES string of the molecule is C[C@H]1C[C@@H](C(=O)NCC(Cc2ccccc2)c2ccccc2)CCN1. The maximum Gasteiger partial charge on any atom is 0.223 e. The van der Waals surface area contributed by atoms with Gasteiger partial charge in [-0.1, -0.05) is 60.7 Å². The summed E-state index contributed by atoms with van der Waals surface area (Å²) in [5.41, 5.74) is 2.59. The average Bonchev–Trinajstić information content (AvgIpc) is 2.66. The van der Waals surface area contributed by atoms with Crippen molar-refractivity contribution in [2.24, 2.45) is 5.92 Å². The first-order valence-corrected chi connectivity index (χ1v) is 9.32. The molecule has 0 saturated carbocycles. The third kappa shape index (κ3) is 5.17. The third-order valence-electron chi connectivity index (χ3n) is 5.11. The van der Waals surface area contributed by atoms with Crippen LogP contribution >= 0.6 is 0 Å². The van der Waals surface area contributed by atoms with Crippen molar-refractivity contribution in [3.05, 3.63) is 71.8 Å². The minimum absolute atomic E-state index is 0.143. The van der Waals surface area contributed by atoms with Crippen molar-refractivity contribution >= 4 is 5.91 Å². The lowest BCUT2D eigenvalue weighted by Gasteiger charge is -2.28. The molecule has 3 heteroatoms. The van der Waals surface area contributed by atoms with Gasteiger partial charge in [-0.05, 0) is 43.9 Å². The molecule has 3 rings (SSSR count). The predicted molar refractivity (Wildman–Crippen MR) is 103 cm³/mol. The van der Waals surface area contributed by atoms with Gasteiger partial charge >= 0.3 is 0 Å². The van der Waals surface area contributed by atoms with E-state index < -0.39 is 0 Å². The van der Waals surface area contributed by atoms with E-state index in [1.807, 2.05) is 12.1 Å². The van der Waals surface area contributed by atoms with Crippen LogP contribution in [0.2, 0.25) is 0 Å². The summed E-state index contributed by atoms with van der Waals surface area (Å²) in [6.45, 7) is 3.78. The fraction of sp³-hybridized carbons (Fsp3) is 0.409. The largest absolute Gasteiger partial charge is 0.355 e. The van der Waals surface area contributed by atoms with Gasteiger partial charge in [0.05, 0.1) is 0 Å². The molecule has 0 aromatic heterocycles. The van der Waals surface area contributed by atoms with Gasteiger partial charge in [0, 0.05) is 24.4 Å². The highest BCUT2D eigenvalue weighted by atomic mass is 16.1. The quantitative estimate of drug-likeness (QED) is 0.847. The van der Waals surface area contributed by atoms with Crippen molar-refractivity contribution in [2.75, 3.05) is 13.1 Å². The number of carbonyl (C=O) groups excluding carboxylic acids is 1. The van der Waals surface area contributed by atoms with Gasteiger partial charge in [0.2, 0.25) is 5.91 Å². The molecule has 1 heterocycles. The Morgan fingerprint density at radius 2 is 1.80 bits per heavy atom. The van der Waals surface area contributed by atoms with Crippen molar-refractivity contribution in [3.8, 4) is 0 Å². The van der Waals surface area contributed by atoms with Crippen molar-refractivity contribution in [3.63, 3.8) is 0 Å². The lowest BCUT2D eigenvalue weighted by Crippen LogP contribution is -2.43. The van der Waals surface area contributed by atoms with Gasteiger partial charge < -0.3 is 10.6 Å². The number of carbonyl (C=O) groups is 1. The van der Waals surface area contributed by atoms with Gasteiger partial charge in [0.25, 0.3) is 0 Å². The van der Waals surface area contributed by atoms with Crippen LogP contribution in [0.3, 0.4) is 0 Å². The first-order chi connectivity index (χ1) is 12.2. The molecule has 1 saturated heterocycles. The average molecular weight is 336 g/mol. The first kappa shape index (κ1) is 17.7. The Morgan fingerprint density at radius 3 is 2.48 bits per heavy atom. The number of benzene rings is 2. The van der Waals surface area contributed by atoms with Crippen LogP contribution < -0.4 is 10.6 Å². The molecule has 1 amide bonds. The molecular weight excluding hydrogens is 308 g/mol. The van der Waals surface area contributed by atoms with Crippen LogP contribution in [-0.2, 0) is 11.2 Å². The minimum Gasteiger partial charge on any atom is -0.355 e. The number of rotatable bonds is 6. The second-order valence-corrected chi connectivity index (χ2v) is 7.12. The van der Waals surface area contributed by atoms with E-state index in [1.165, 1.54) is 11.1 Å². The highest BCUT2D eigenvalue weighted by molar-refractivity contribution is 5.78. The lowest BCUT2D eigenvalue weighted by molar-refractivity contribution is -0.126. The maximum atomic E-state index is 12.6. The molecule has 1 aliphatic rings.